The molecule has 100 valence electrons. The third-order valence-corrected chi connectivity index (χ3v) is 4.23. The first-order valence-electron chi connectivity index (χ1n) is 5.92. The SMILES string of the molecule is CNC(c1ccc(Br)cc1C)c1cccc(Br)c1F. The van der Waals surface area contributed by atoms with Gasteiger partial charge in [-0.15, -0.1) is 0 Å². The van der Waals surface area contributed by atoms with Crippen LogP contribution in [0.5, 0.6) is 0 Å². The first kappa shape index (κ1) is 14.7. The Bertz CT molecular complexity index is 599. The number of benzene rings is 2. The first-order chi connectivity index (χ1) is 9.04. The van der Waals surface area contributed by atoms with Gasteiger partial charge in [-0.3, -0.25) is 0 Å². The van der Waals surface area contributed by atoms with E-state index in [1.54, 1.807) is 6.07 Å². The third-order valence-electron chi connectivity index (χ3n) is 3.12. The van der Waals surface area contributed by atoms with Gasteiger partial charge in [-0.25, -0.2) is 4.39 Å². The van der Waals surface area contributed by atoms with Gasteiger partial charge in [0, 0.05) is 10.0 Å². The molecular weight excluding hydrogens is 373 g/mol. The Balaban J connectivity index is 2.53. The number of hydrogen-bond acceptors (Lipinski definition) is 1. The second-order valence-corrected chi connectivity index (χ2v) is 6.14. The lowest BCUT2D eigenvalue weighted by Crippen LogP contribution is -2.20. The largest absolute Gasteiger partial charge is 0.309 e. The molecule has 2 rings (SSSR count). The van der Waals surface area contributed by atoms with Crippen molar-refractivity contribution >= 4 is 31.9 Å². The van der Waals surface area contributed by atoms with Crippen LogP contribution < -0.4 is 5.32 Å². The fraction of sp³-hybridized carbons (Fsp3) is 0.200. The Morgan fingerprint density at radius 1 is 1.11 bits per heavy atom. The van der Waals surface area contributed by atoms with E-state index in [0.717, 1.165) is 15.6 Å². The van der Waals surface area contributed by atoms with Crippen molar-refractivity contribution in [2.45, 2.75) is 13.0 Å². The number of halogens is 3. The Hall–Kier alpha value is -0.710. The first-order valence-corrected chi connectivity index (χ1v) is 7.50. The van der Waals surface area contributed by atoms with Crippen molar-refractivity contribution in [1.82, 2.24) is 5.32 Å². The molecule has 0 aliphatic heterocycles. The summed E-state index contributed by atoms with van der Waals surface area (Å²) >= 11 is 6.68. The summed E-state index contributed by atoms with van der Waals surface area (Å²) in [5.74, 6) is -0.218. The Labute approximate surface area is 129 Å². The van der Waals surface area contributed by atoms with Crippen LogP contribution in [0.4, 0.5) is 4.39 Å². The molecule has 0 heterocycles. The fourth-order valence-electron chi connectivity index (χ4n) is 2.18. The predicted molar refractivity (Wildman–Crippen MR) is 83.9 cm³/mol. The number of hydrogen-bond donors (Lipinski definition) is 1. The molecule has 0 saturated heterocycles. The van der Waals surface area contributed by atoms with Gasteiger partial charge < -0.3 is 5.32 Å². The van der Waals surface area contributed by atoms with E-state index in [4.69, 9.17) is 0 Å². The summed E-state index contributed by atoms with van der Waals surface area (Å²) in [7, 11) is 1.84. The van der Waals surface area contributed by atoms with Crippen LogP contribution in [0.1, 0.15) is 22.7 Å². The van der Waals surface area contributed by atoms with Crippen LogP contribution in [0.2, 0.25) is 0 Å². The lowest BCUT2D eigenvalue weighted by Gasteiger charge is -2.20. The molecule has 19 heavy (non-hydrogen) atoms. The molecule has 0 spiro atoms. The summed E-state index contributed by atoms with van der Waals surface area (Å²) in [5, 5.41) is 3.19. The lowest BCUT2D eigenvalue weighted by atomic mass is 9.95. The van der Waals surface area contributed by atoms with Crippen molar-refractivity contribution in [2.24, 2.45) is 0 Å². The third kappa shape index (κ3) is 3.07. The van der Waals surface area contributed by atoms with E-state index >= 15 is 0 Å². The summed E-state index contributed by atoms with van der Waals surface area (Å²) < 4.78 is 15.8. The van der Waals surface area contributed by atoms with Crippen LogP contribution in [-0.2, 0) is 0 Å². The van der Waals surface area contributed by atoms with Gasteiger partial charge in [0.2, 0.25) is 0 Å². The van der Waals surface area contributed by atoms with Crippen LogP contribution in [0.25, 0.3) is 0 Å². The van der Waals surface area contributed by atoms with E-state index in [9.17, 15) is 4.39 Å². The highest BCUT2D eigenvalue weighted by Crippen LogP contribution is 2.30. The average Bonchev–Trinajstić information content (AvgIpc) is 2.37. The molecule has 1 unspecified atom stereocenters. The van der Waals surface area contributed by atoms with Crippen LogP contribution >= 0.6 is 31.9 Å². The summed E-state index contributed by atoms with van der Waals surface area (Å²) in [6, 6.07) is 11.2. The Morgan fingerprint density at radius 3 is 2.47 bits per heavy atom. The molecule has 2 aromatic carbocycles. The van der Waals surface area contributed by atoms with Crippen molar-refractivity contribution < 1.29 is 4.39 Å². The Morgan fingerprint density at radius 2 is 1.84 bits per heavy atom. The summed E-state index contributed by atoms with van der Waals surface area (Å²) in [6.07, 6.45) is 0. The van der Waals surface area contributed by atoms with Gasteiger partial charge in [0.1, 0.15) is 5.82 Å². The molecule has 0 fully saturated rings. The summed E-state index contributed by atoms with van der Waals surface area (Å²) in [6.45, 7) is 2.03. The molecule has 1 N–H and O–H groups in total. The van der Waals surface area contributed by atoms with E-state index in [0.29, 0.717) is 10.0 Å². The van der Waals surface area contributed by atoms with E-state index in [1.807, 2.05) is 44.3 Å². The zero-order valence-electron chi connectivity index (χ0n) is 10.7. The minimum Gasteiger partial charge on any atom is -0.309 e. The van der Waals surface area contributed by atoms with Crippen LogP contribution in [0.15, 0.2) is 45.3 Å². The highest BCUT2D eigenvalue weighted by atomic mass is 79.9. The van der Waals surface area contributed by atoms with Gasteiger partial charge in [0.05, 0.1) is 10.5 Å². The molecule has 0 aliphatic rings. The quantitative estimate of drug-likeness (QED) is 0.785. The molecule has 0 aromatic heterocycles. The highest BCUT2D eigenvalue weighted by Gasteiger charge is 2.19. The number of rotatable bonds is 3. The van der Waals surface area contributed by atoms with Gasteiger partial charge >= 0.3 is 0 Å². The van der Waals surface area contributed by atoms with Crippen molar-refractivity contribution in [3.8, 4) is 0 Å². The van der Waals surface area contributed by atoms with Gasteiger partial charge in [-0.05, 0) is 59.2 Å². The predicted octanol–water partition coefficient (Wildman–Crippen LogP) is 4.97. The molecule has 0 bridgehead atoms. The average molecular weight is 387 g/mol. The molecule has 0 saturated carbocycles. The van der Waals surface area contributed by atoms with Crippen molar-refractivity contribution in [1.29, 1.82) is 0 Å². The standard InChI is InChI=1S/C15H14Br2FN/c1-9-8-10(16)6-7-11(9)15(19-2)12-4-3-5-13(17)14(12)18/h3-8,15,19H,1-2H3. The van der Waals surface area contributed by atoms with E-state index in [2.05, 4.69) is 37.2 Å². The van der Waals surface area contributed by atoms with Gasteiger partial charge in [0.15, 0.2) is 0 Å². The fourth-order valence-corrected chi connectivity index (χ4v) is 3.04. The molecule has 4 heteroatoms. The van der Waals surface area contributed by atoms with Crippen LogP contribution in [-0.4, -0.2) is 7.05 Å². The van der Waals surface area contributed by atoms with Gasteiger partial charge in [0.25, 0.3) is 0 Å². The maximum atomic E-state index is 14.2. The second-order valence-electron chi connectivity index (χ2n) is 4.37. The number of nitrogens with one attached hydrogen (secondary N) is 1. The zero-order chi connectivity index (χ0) is 14.0. The highest BCUT2D eigenvalue weighted by molar-refractivity contribution is 9.10. The van der Waals surface area contributed by atoms with Crippen LogP contribution in [0.3, 0.4) is 0 Å². The molecule has 1 atom stereocenters. The minimum absolute atomic E-state index is 0.161. The van der Waals surface area contributed by atoms with E-state index in [-0.39, 0.29) is 11.9 Å². The van der Waals surface area contributed by atoms with Crippen LogP contribution in [0, 0.1) is 12.7 Å². The van der Waals surface area contributed by atoms with Crippen molar-refractivity contribution in [3.05, 3.63) is 67.9 Å². The summed E-state index contributed by atoms with van der Waals surface area (Å²) in [4.78, 5) is 0. The topological polar surface area (TPSA) is 12.0 Å². The zero-order valence-corrected chi connectivity index (χ0v) is 13.8. The molecule has 2 aromatic rings. The maximum Gasteiger partial charge on any atom is 0.142 e. The second kappa shape index (κ2) is 6.16. The molecule has 0 amide bonds. The van der Waals surface area contributed by atoms with E-state index < -0.39 is 0 Å². The van der Waals surface area contributed by atoms with Gasteiger partial charge in [-0.1, -0.05) is 34.1 Å². The smallest absolute Gasteiger partial charge is 0.142 e. The van der Waals surface area contributed by atoms with Crippen molar-refractivity contribution in [2.75, 3.05) is 7.05 Å². The Kier molecular flexibility index (Phi) is 4.76. The lowest BCUT2D eigenvalue weighted by molar-refractivity contribution is 0.570. The maximum absolute atomic E-state index is 14.2. The monoisotopic (exact) mass is 385 g/mol. The molecule has 0 aliphatic carbocycles. The summed E-state index contributed by atoms with van der Waals surface area (Å²) in [5.41, 5.74) is 2.83. The molecule has 1 nitrogen and oxygen atoms in total. The molecule has 0 radical (unpaired) electrons. The number of aryl methyl sites for hydroxylation is 1. The van der Waals surface area contributed by atoms with E-state index in [1.165, 1.54) is 0 Å². The normalized spacial score (nSPS) is 12.5. The van der Waals surface area contributed by atoms with Crippen molar-refractivity contribution in [3.63, 3.8) is 0 Å². The van der Waals surface area contributed by atoms with Gasteiger partial charge in [-0.2, -0.15) is 0 Å². The molecular formula is C15H14Br2FN. The minimum atomic E-state index is -0.218.